The topological polar surface area (TPSA) is 116 Å². The molecule has 0 saturated carbocycles. The number of nitrogen functional groups attached to an aromatic ring is 1. The third-order valence-electron chi connectivity index (χ3n) is 3.55. The van der Waals surface area contributed by atoms with Gasteiger partial charge in [0.15, 0.2) is 0 Å². The molecule has 112 valence electrons. The Balaban J connectivity index is 2.27. The molecular weight excluding hydrogens is 274 g/mol. The van der Waals surface area contributed by atoms with E-state index in [1.165, 1.54) is 12.0 Å². The second-order valence-electron chi connectivity index (χ2n) is 4.85. The summed E-state index contributed by atoms with van der Waals surface area (Å²) < 4.78 is 4.72. The molecule has 0 radical (unpaired) electrons. The van der Waals surface area contributed by atoms with Crippen LogP contribution in [-0.2, 0) is 20.9 Å². The van der Waals surface area contributed by atoms with Crippen molar-refractivity contribution in [3.8, 4) is 0 Å². The van der Waals surface area contributed by atoms with Gasteiger partial charge in [0.1, 0.15) is 6.04 Å². The highest BCUT2D eigenvalue weighted by Crippen LogP contribution is 2.30. The van der Waals surface area contributed by atoms with Crippen LogP contribution in [0.1, 0.15) is 28.8 Å². The first-order valence-electron chi connectivity index (χ1n) is 6.50. The second-order valence-corrected chi connectivity index (χ2v) is 4.85. The quantitative estimate of drug-likeness (QED) is 0.586. The summed E-state index contributed by atoms with van der Waals surface area (Å²) in [6.45, 7) is 0.222. The Bertz CT molecular complexity index is 600. The highest BCUT2D eigenvalue weighted by molar-refractivity contribution is 6.02. The lowest BCUT2D eigenvalue weighted by Gasteiger charge is -2.25. The fourth-order valence-electron chi connectivity index (χ4n) is 2.45. The minimum absolute atomic E-state index is 0.00459. The van der Waals surface area contributed by atoms with Crippen molar-refractivity contribution in [2.75, 3.05) is 12.8 Å². The van der Waals surface area contributed by atoms with E-state index >= 15 is 0 Å². The molecule has 2 amide bonds. The number of amides is 2. The maximum Gasteiger partial charge on any atom is 0.328 e. The van der Waals surface area contributed by atoms with Crippen LogP contribution in [0.3, 0.4) is 0 Å². The fourth-order valence-corrected chi connectivity index (χ4v) is 2.45. The second kappa shape index (κ2) is 5.82. The maximum absolute atomic E-state index is 12.4. The summed E-state index contributed by atoms with van der Waals surface area (Å²) in [4.78, 5) is 36.6. The fraction of sp³-hybridized carbons (Fsp3) is 0.357. The van der Waals surface area contributed by atoms with Crippen molar-refractivity contribution in [3.05, 3.63) is 29.3 Å². The van der Waals surface area contributed by atoms with Gasteiger partial charge in [-0.25, -0.2) is 4.79 Å². The van der Waals surface area contributed by atoms with Gasteiger partial charge in [-0.15, -0.1) is 0 Å². The van der Waals surface area contributed by atoms with Crippen molar-refractivity contribution in [2.45, 2.75) is 25.4 Å². The zero-order chi connectivity index (χ0) is 15.6. The van der Waals surface area contributed by atoms with Crippen molar-refractivity contribution in [1.82, 2.24) is 4.90 Å². The molecule has 0 bridgehead atoms. The Morgan fingerprint density at radius 1 is 1.43 bits per heavy atom. The number of nitrogens with two attached hydrogens (primary N) is 2. The molecule has 0 unspecified atom stereocenters. The number of benzene rings is 1. The van der Waals surface area contributed by atoms with Crippen LogP contribution in [0.4, 0.5) is 5.69 Å². The molecule has 0 spiro atoms. The highest BCUT2D eigenvalue weighted by Gasteiger charge is 2.37. The van der Waals surface area contributed by atoms with Gasteiger partial charge in [-0.2, -0.15) is 0 Å². The number of hydrogen-bond acceptors (Lipinski definition) is 5. The minimum atomic E-state index is -0.846. The molecule has 0 aromatic heterocycles. The SMILES string of the molecule is COC(=O)[C@H](CCC(N)=O)N1Cc2c(N)cccc2C1=O. The van der Waals surface area contributed by atoms with Crippen LogP contribution < -0.4 is 11.5 Å². The van der Waals surface area contributed by atoms with Gasteiger partial charge in [-0.3, -0.25) is 9.59 Å². The standard InChI is InChI=1S/C14H17N3O4/c1-21-14(20)11(5-6-12(16)18)17-7-9-8(13(17)19)3-2-4-10(9)15/h2-4,11H,5-7,15H2,1H3,(H2,16,18)/t11-/m0/s1. The summed E-state index contributed by atoms with van der Waals surface area (Å²) >= 11 is 0. The van der Waals surface area contributed by atoms with Gasteiger partial charge in [0.25, 0.3) is 5.91 Å². The van der Waals surface area contributed by atoms with Gasteiger partial charge in [-0.05, 0) is 18.6 Å². The Morgan fingerprint density at radius 3 is 2.71 bits per heavy atom. The van der Waals surface area contributed by atoms with Gasteiger partial charge in [-0.1, -0.05) is 6.07 Å². The van der Waals surface area contributed by atoms with Gasteiger partial charge in [0.2, 0.25) is 5.91 Å². The Hall–Kier alpha value is -2.57. The Kier molecular flexibility index (Phi) is 4.11. The van der Waals surface area contributed by atoms with Gasteiger partial charge in [0, 0.05) is 29.8 Å². The lowest BCUT2D eigenvalue weighted by Crippen LogP contribution is -2.42. The number of esters is 1. The molecule has 0 aliphatic carbocycles. The van der Waals surface area contributed by atoms with Gasteiger partial charge < -0.3 is 21.1 Å². The first-order chi connectivity index (χ1) is 9.95. The molecule has 7 nitrogen and oxygen atoms in total. The molecular formula is C14H17N3O4. The molecule has 1 aliphatic heterocycles. The third kappa shape index (κ3) is 2.81. The first-order valence-corrected chi connectivity index (χ1v) is 6.50. The maximum atomic E-state index is 12.4. The number of rotatable bonds is 5. The molecule has 1 heterocycles. The van der Waals surface area contributed by atoms with Crippen LogP contribution >= 0.6 is 0 Å². The summed E-state index contributed by atoms with van der Waals surface area (Å²) in [5.41, 5.74) is 12.6. The van der Waals surface area contributed by atoms with E-state index in [0.29, 0.717) is 16.8 Å². The van der Waals surface area contributed by atoms with E-state index in [-0.39, 0.29) is 25.3 Å². The summed E-state index contributed by atoms with van der Waals surface area (Å²) in [6.07, 6.45) is 0.122. The first kappa shape index (κ1) is 14.8. The van der Waals surface area contributed by atoms with Crippen molar-refractivity contribution in [2.24, 2.45) is 5.73 Å². The molecule has 2 rings (SSSR count). The zero-order valence-corrected chi connectivity index (χ0v) is 11.7. The summed E-state index contributed by atoms with van der Waals surface area (Å²) in [5, 5.41) is 0. The lowest BCUT2D eigenvalue weighted by molar-refractivity contribution is -0.146. The number of methoxy groups -OCH3 is 1. The van der Waals surface area contributed by atoms with Gasteiger partial charge >= 0.3 is 5.97 Å². The number of hydrogen-bond donors (Lipinski definition) is 2. The van der Waals surface area contributed by atoms with E-state index in [0.717, 1.165) is 0 Å². The number of anilines is 1. The molecule has 1 aromatic rings. The van der Waals surface area contributed by atoms with Crippen LogP contribution in [0.25, 0.3) is 0 Å². The minimum Gasteiger partial charge on any atom is -0.467 e. The van der Waals surface area contributed by atoms with E-state index in [4.69, 9.17) is 16.2 Å². The van der Waals surface area contributed by atoms with Crippen LogP contribution in [0.15, 0.2) is 18.2 Å². The number of primary amides is 1. The Labute approximate surface area is 121 Å². The predicted molar refractivity (Wildman–Crippen MR) is 75.0 cm³/mol. The highest BCUT2D eigenvalue weighted by atomic mass is 16.5. The zero-order valence-electron chi connectivity index (χ0n) is 11.7. The lowest BCUT2D eigenvalue weighted by atomic mass is 10.1. The number of carbonyl (C=O) groups is 3. The molecule has 21 heavy (non-hydrogen) atoms. The number of fused-ring (bicyclic) bond motifs is 1. The van der Waals surface area contributed by atoms with Crippen LogP contribution in [-0.4, -0.2) is 35.8 Å². The van der Waals surface area contributed by atoms with Crippen molar-refractivity contribution >= 4 is 23.5 Å². The van der Waals surface area contributed by atoms with E-state index in [2.05, 4.69) is 0 Å². The Morgan fingerprint density at radius 2 is 2.14 bits per heavy atom. The average molecular weight is 291 g/mol. The van der Waals surface area contributed by atoms with E-state index < -0.39 is 17.9 Å². The molecule has 1 aromatic carbocycles. The number of carbonyl (C=O) groups excluding carboxylic acids is 3. The molecule has 1 aliphatic rings. The van der Waals surface area contributed by atoms with E-state index in [1.54, 1.807) is 18.2 Å². The predicted octanol–water partition coefficient (Wildman–Crippen LogP) is 0.0317. The molecule has 1 atom stereocenters. The monoisotopic (exact) mass is 291 g/mol. The van der Waals surface area contributed by atoms with E-state index in [9.17, 15) is 14.4 Å². The molecule has 0 saturated heterocycles. The molecule has 7 heteroatoms. The largest absolute Gasteiger partial charge is 0.467 e. The average Bonchev–Trinajstić information content (AvgIpc) is 2.78. The van der Waals surface area contributed by atoms with E-state index in [1.807, 2.05) is 0 Å². The third-order valence-corrected chi connectivity index (χ3v) is 3.55. The van der Waals surface area contributed by atoms with Crippen molar-refractivity contribution in [1.29, 1.82) is 0 Å². The molecule has 4 N–H and O–H groups in total. The summed E-state index contributed by atoms with van der Waals surface area (Å²) in [6, 6.07) is 4.20. The van der Waals surface area contributed by atoms with Crippen molar-refractivity contribution < 1.29 is 19.1 Å². The summed E-state index contributed by atoms with van der Waals surface area (Å²) in [7, 11) is 1.24. The van der Waals surface area contributed by atoms with Crippen molar-refractivity contribution in [3.63, 3.8) is 0 Å². The smallest absolute Gasteiger partial charge is 0.328 e. The normalized spacial score (nSPS) is 14.7. The number of ether oxygens (including phenoxy) is 1. The van der Waals surface area contributed by atoms with Crippen LogP contribution in [0.2, 0.25) is 0 Å². The van der Waals surface area contributed by atoms with Gasteiger partial charge in [0.05, 0.1) is 7.11 Å². The molecule has 0 fully saturated rings. The van der Waals surface area contributed by atoms with Crippen LogP contribution in [0, 0.1) is 0 Å². The van der Waals surface area contributed by atoms with Crippen LogP contribution in [0.5, 0.6) is 0 Å². The number of nitrogens with zero attached hydrogens (tertiary/aromatic N) is 1. The summed E-state index contributed by atoms with van der Waals surface area (Å²) in [5.74, 6) is -1.40.